The van der Waals surface area contributed by atoms with Crippen LogP contribution in [-0.2, 0) is 4.79 Å². The molecule has 0 aliphatic rings. The van der Waals surface area contributed by atoms with Crippen molar-refractivity contribution in [1.29, 1.82) is 0 Å². The summed E-state index contributed by atoms with van der Waals surface area (Å²) in [7, 11) is 0. The first-order valence-corrected chi connectivity index (χ1v) is 8.13. The van der Waals surface area contributed by atoms with E-state index in [1.165, 1.54) is 12.1 Å². The highest BCUT2D eigenvalue weighted by Crippen LogP contribution is 2.36. The number of carbonyl (C=O) groups excluding carboxylic acids is 1. The molecule has 3 aromatic heterocycles. The zero-order valence-electron chi connectivity index (χ0n) is 13.9. The highest BCUT2D eigenvalue weighted by atomic mass is 19.1. The van der Waals surface area contributed by atoms with E-state index in [2.05, 4.69) is 15.4 Å². The zero-order chi connectivity index (χ0) is 18.1. The number of aromatic nitrogens is 3. The summed E-state index contributed by atoms with van der Waals surface area (Å²) in [5.74, 6) is 0.0172. The number of oxazole rings is 1. The molecule has 0 spiro atoms. The molecule has 0 saturated carbocycles. The molecule has 0 atom stereocenters. The number of hydrogen-bond acceptors (Lipinski definition) is 4. The van der Waals surface area contributed by atoms with Gasteiger partial charge in [0.25, 0.3) is 0 Å². The van der Waals surface area contributed by atoms with E-state index in [1.807, 2.05) is 6.07 Å². The fraction of sp³-hybridized carbons (Fsp3) is 0.105. The number of amides is 1. The van der Waals surface area contributed by atoms with Gasteiger partial charge in [0.2, 0.25) is 11.6 Å². The van der Waals surface area contributed by atoms with Crippen LogP contribution in [0.15, 0.2) is 59.5 Å². The highest BCUT2D eigenvalue weighted by Gasteiger charge is 2.19. The van der Waals surface area contributed by atoms with E-state index in [1.54, 1.807) is 48.3 Å². The average Bonchev–Trinajstić information content (AvgIpc) is 3.23. The summed E-state index contributed by atoms with van der Waals surface area (Å²) < 4.78 is 20.5. The Morgan fingerprint density at radius 1 is 1.23 bits per heavy atom. The van der Waals surface area contributed by atoms with Gasteiger partial charge in [0.1, 0.15) is 23.6 Å². The number of halogens is 1. The van der Waals surface area contributed by atoms with E-state index in [9.17, 15) is 9.18 Å². The third-order valence-electron chi connectivity index (χ3n) is 4.00. The van der Waals surface area contributed by atoms with Gasteiger partial charge in [-0.15, -0.1) is 0 Å². The lowest BCUT2D eigenvalue weighted by Gasteiger charge is -2.06. The summed E-state index contributed by atoms with van der Waals surface area (Å²) in [6.45, 7) is 1.77. The first-order chi connectivity index (χ1) is 12.7. The van der Waals surface area contributed by atoms with Crippen LogP contribution in [0.1, 0.15) is 13.3 Å². The number of nitrogens with zero attached hydrogens (tertiary/aromatic N) is 3. The van der Waals surface area contributed by atoms with Crippen molar-refractivity contribution in [2.75, 3.05) is 5.32 Å². The molecule has 3 heterocycles. The molecular formula is C19H15FN4O2. The standard InChI is InChI=1S/C19H15FN4O2/c1-2-16(25)22-15-11-13(7-8-21-15)17-18(12-3-5-14(20)6-4-12)23-24-9-10-26-19(17)24/h3-11H,2H2,1H3,(H,21,22,25). The molecule has 1 amide bonds. The molecule has 0 unspecified atom stereocenters. The van der Waals surface area contributed by atoms with E-state index in [0.717, 1.165) is 16.7 Å². The van der Waals surface area contributed by atoms with E-state index in [0.29, 0.717) is 23.6 Å². The topological polar surface area (TPSA) is 72.4 Å². The Morgan fingerprint density at radius 3 is 2.81 bits per heavy atom. The second-order valence-corrected chi connectivity index (χ2v) is 5.71. The van der Waals surface area contributed by atoms with Crippen molar-refractivity contribution in [2.24, 2.45) is 0 Å². The molecule has 4 aromatic rings. The van der Waals surface area contributed by atoms with Crippen molar-refractivity contribution in [1.82, 2.24) is 14.6 Å². The first-order valence-electron chi connectivity index (χ1n) is 8.13. The second-order valence-electron chi connectivity index (χ2n) is 5.71. The quantitative estimate of drug-likeness (QED) is 0.600. The Hall–Kier alpha value is -3.48. The lowest BCUT2D eigenvalue weighted by molar-refractivity contribution is -0.115. The summed E-state index contributed by atoms with van der Waals surface area (Å²) in [6, 6.07) is 9.69. The van der Waals surface area contributed by atoms with Gasteiger partial charge in [-0.05, 0) is 42.0 Å². The van der Waals surface area contributed by atoms with Gasteiger partial charge in [-0.1, -0.05) is 6.92 Å². The maximum Gasteiger partial charge on any atom is 0.229 e. The van der Waals surface area contributed by atoms with Crippen molar-refractivity contribution in [3.05, 3.63) is 60.9 Å². The number of anilines is 1. The molecule has 7 heteroatoms. The molecule has 0 bridgehead atoms. The molecule has 1 N–H and O–H groups in total. The van der Waals surface area contributed by atoms with Gasteiger partial charge in [-0.3, -0.25) is 4.79 Å². The normalized spacial score (nSPS) is 11.0. The molecule has 4 rings (SSSR count). The second kappa shape index (κ2) is 6.44. The van der Waals surface area contributed by atoms with Crippen LogP contribution >= 0.6 is 0 Å². The van der Waals surface area contributed by atoms with E-state index in [-0.39, 0.29) is 11.7 Å². The van der Waals surface area contributed by atoms with Crippen molar-refractivity contribution < 1.29 is 13.6 Å². The average molecular weight is 350 g/mol. The molecule has 130 valence electrons. The maximum absolute atomic E-state index is 13.3. The largest absolute Gasteiger partial charge is 0.444 e. The molecular weight excluding hydrogens is 335 g/mol. The number of pyridine rings is 1. The Labute approximate surface area is 148 Å². The molecule has 26 heavy (non-hydrogen) atoms. The number of rotatable bonds is 4. The van der Waals surface area contributed by atoms with Gasteiger partial charge in [-0.25, -0.2) is 13.9 Å². The van der Waals surface area contributed by atoms with Crippen LogP contribution in [0, 0.1) is 5.82 Å². The predicted octanol–water partition coefficient (Wildman–Crippen LogP) is 4.14. The van der Waals surface area contributed by atoms with E-state index < -0.39 is 0 Å². The van der Waals surface area contributed by atoms with Crippen LogP contribution in [0.2, 0.25) is 0 Å². The molecule has 0 aliphatic carbocycles. The predicted molar refractivity (Wildman–Crippen MR) is 95.0 cm³/mol. The SMILES string of the molecule is CCC(=O)Nc1cc(-c2c(-c3ccc(F)cc3)nn3ccoc23)ccn1. The highest BCUT2D eigenvalue weighted by molar-refractivity contribution is 5.93. The number of hydrogen-bond donors (Lipinski definition) is 1. The fourth-order valence-electron chi connectivity index (χ4n) is 2.74. The summed E-state index contributed by atoms with van der Waals surface area (Å²) in [5, 5.41) is 7.29. The Bertz CT molecular complexity index is 1080. The van der Waals surface area contributed by atoms with Crippen LogP contribution < -0.4 is 5.32 Å². The molecule has 0 aliphatic heterocycles. The minimum Gasteiger partial charge on any atom is -0.444 e. The van der Waals surface area contributed by atoms with Crippen molar-refractivity contribution >= 4 is 17.4 Å². The summed E-state index contributed by atoms with van der Waals surface area (Å²) in [6.07, 6.45) is 5.22. The lowest BCUT2D eigenvalue weighted by atomic mass is 10.0. The van der Waals surface area contributed by atoms with Crippen LogP contribution in [0.3, 0.4) is 0 Å². The van der Waals surface area contributed by atoms with Crippen molar-refractivity contribution in [3.63, 3.8) is 0 Å². The van der Waals surface area contributed by atoms with E-state index >= 15 is 0 Å². The number of nitrogens with one attached hydrogen (secondary N) is 1. The van der Waals surface area contributed by atoms with Crippen LogP contribution in [0.5, 0.6) is 0 Å². The Morgan fingerprint density at radius 2 is 2.04 bits per heavy atom. The minimum atomic E-state index is -0.313. The van der Waals surface area contributed by atoms with Gasteiger partial charge in [0.15, 0.2) is 0 Å². The van der Waals surface area contributed by atoms with Crippen LogP contribution in [-0.4, -0.2) is 20.5 Å². The van der Waals surface area contributed by atoms with Gasteiger partial charge in [0, 0.05) is 18.2 Å². The molecule has 0 radical (unpaired) electrons. The third kappa shape index (κ3) is 2.83. The van der Waals surface area contributed by atoms with Crippen LogP contribution in [0.25, 0.3) is 28.1 Å². The third-order valence-corrected chi connectivity index (χ3v) is 4.00. The van der Waals surface area contributed by atoms with Gasteiger partial charge in [0.05, 0.1) is 11.8 Å². The Balaban J connectivity index is 1.87. The molecule has 0 saturated heterocycles. The first kappa shape index (κ1) is 16.0. The molecule has 1 aromatic carbocycles. The fourth-order valence-corrected chi connectivity index (χ4v) is 2.74. The van der Waals surface area contributed by atoms with Crippen LogP contribution in [0.4, 0.5) is 10.2 Å². The van der Waals surface area contributed by atoms with Gasteiger partial charge in [-0.2, -0.15) is 5.10 Å². The van der Waals surface area contributed by atoms with Crippen molar-refractivity contribution in [2.45, 2.75) is 13.3 Å². The van der Waals surface area contributed by atoms with E-state index in [4.69, 9.17) is 4.42 Å². The van der Waals surface area contributed by atoms with Gasteiger partial charge < -0.3 is 9.73 Å². The maximum atomic E-state index is 13.3. The molecule has 0 fully saturated rings. The summed E-state index contributed by atoms with van der Waals surface area (Å²) in [4.78, 5) is 15.8. The Kier molecular flexibility index (Phi) is 3.96. The molecule has 6 nitrogen and oxygen atoms in total. The number of carbonyl (C=O) groups is 1. The van der Waals surface area contributed by atoms with Crippen molar-refractivity contribution in [3.8, 4) is 22.4 Å². The number of benzene rings is 1. The minimum absolute atomic E-state index is 0.119. The monoisotopic (exact) mass is 350 g/mol. The lowest BCUT2D eigenvalue weighted by Crippen LogP contribution is -2.10. The van der Waals surface area contributed by atoms with Gasteiger partial charge >= 0.3 is 0 Å². The smallest absolute Gasteiger partial charge is 0.229 e. The zero-order valence-corrected chi connectivity index (χ0v) is 13.9. The summed E-state index contributed by atoms with van der Waals surface area (Å²) in [5.41, 5.74) is 3.51. The number of fused-ring (bicyclic) bond motifs is 1. The summed E-state index contributed by atoms with van der Waals surface area (Å²) >= 11 is 0.